The fraction of sp³-hybridized carbons (Fsp3) is 0.143. The zero-order chi connectivity index (χ0) is 13.8. The Morgan fingerprint density at radius 1 is 1.00 bits per heavy atom. The second-order valence-electron chi connectivity index (χ2n) is 4.19. The Hall–Kier alpha value is -1.85. The van der Waals surface area contributed by atoms with Crippen molar-refractivity contribution >= 4 is 0 Å². The van der Waals surface area contributed by atoms with Crippen molar-refractivity contribution in [2.75, 3.05) is 0 Å². The first-order chi connectivity index (χ1) is 9.11. The Morgan fingerprint density at radius 2 is 1.68 bits per heavy atom. The maximum Gasteiger partial charge on any atom is 0.163 e. The van der Waals surface area contributed by atoms with Gasteiger partial charge in [-0.25, -0.2) is 13.2 Å². The number of hydrazine groups is 1. The summed E-state index contributed by atoms with van der Waals surface area (Å²) in [6.07, 6.45) is 0.331. The Balaban J connectivity index is 2.25. The quantitative estimate of drug-likeness (QED) is 0.659. The molecule has 2 aromatic carbocycles. The molecule has 0 spiro atoms. The second-order valence-corrected chi connectivity index (χ2v) is 4.19. The second kappa shape index (κ2) is 5.86. The molecule has 5 heteroatoms. The minimum atomic E-state index is -0.924. The summed E-state index contributed by atoms with van der Waals surface area (Å²) in [6.45, 7) is 0. The molecule has 2 aromatic rings. The van der Waals surface area contributed by atoms with Crippen molar-refractivity contribution in [1.82, 2.24) is 5.43 Å². The standard InChI is InChI=1S/C14H13F3N2/c15-10-6-4-9(5-7-10)8-13(19-18)11-2-1-3-12(16)14(11)17/h1-7,13,19H,8,18H2. The number of benzene rings is 2. The average Bonchev–Trinajstić information content (AvgIpc) is 2.42. The van der Waals surface area contributed by atoms with Gasteiger partial charge in [0.25, 0.3) is 0 Å². The van der Waals surface area contributed by atoms with Crippen LogP contribution in [0.25, 0.3) is 0 Å². The first-order valence-corrected chi connectivity index (χ1v) is 5.76. The number of nitrogens with two attached hydrogens (primary N) is 1. The van der Waals surface area contributed by atoms with E-state index in [1.165, 1.54) is 24.3 Å². The van der Waals surface area contributed by atoms with Crippen LogP contribution in [-0.2, 0) is 6.42 Å². The third-order valence-electron chi connectivity index (χ3n) is 2.91. The van der Waals surface area contributed by atoms with Crippen LogP contribution in [0.2, 0.25) is 0 Å². The lowest BCUT2D eigenvalue weighted by Gasteiger charge is -2.17. The molecule has 2 nitrogen and oxygen atoms in total. The van der Waals surface area contributed by atoms with Gasteiger partial charge in [0.2, 0.25) is 0 Å². The highest BCUT2D eigenvalue weighted by atomic mass is 19.2. The molecule has 0 radical (unpaired) electrons. The zero-order valence-corrected chi connectivity index (χ0v) is 10.0. The molecule has 0 saturated heterocycles. The summed E-state index contributed by atoms with van der Waals surface area (Å²) in [5.41, 5.74) is 3.37. The van der Waals surface area contributed by atoms with Crippen molar-refractivity contribution in [2.24, 2.45) is 5.84 Å². The van der Waals surface area contributed by atoms with Gasteiger partial charge in [-0.3, -0.25) is 11.3 Å². The molecule has 0 fully saturated rings. The molecule has 2 rings (SSSR count). The van der Waals surface area contributed by atoms with Gasteiger partial charge in [-0.15, -0.1) is 0 Å². The first kappa shape index (κ1) is 13.6. The highest BCUT2D eigenvalue weighted by Gasteiger charge is 2.17. The van der Waals surface area contributed by atoms with Gasteiger partial charge in [-0.1, -0.05) is 24.3 Å². The van der Waals surface area contributed by atoms with Crippen molar-refractivity contribution < 1.29 is 13.2 Å². The summed E-state index contributed by atoms with van der Waals surface area (Å²) < 4.78 is 39.6. The molecule has 0 aliphatic heterocycles. The molecule has 0 bridgehead atoms. The molecule has 0 aliphatic carbocycles. The van der Waals surface area contributed by atoms with Crippen LogP contribution in [0.4, 0.5) is 13.2 Å². The van der Waals surface area contributed by atoms with Gasteiger partial charge in [-0.2, -0.15) is 0 Å². The Labute approximate surface area is 109 Å². The van der Waals surface area contributed by atoms with Crippen molar-refractivity contribution in [3.8, 4) is 0 Å². The van der Waals surface area contributed by atoms with Gasteiger partial charge in [0.15, 0.2) is 11.6 Å². The van der Waals surface area contributed by atoms with Gasteiger partial charge in [0.1, 0.15) is 5.82 Å². The van der Waals surface area contributed by atoms with E-state index in [9.17, 15) is 13.2 Å². The lowest BCUT2D eigenvalue weighted by atomic mass is 9.99. The Bertz CT molecular complexity index is 555. The molecule has 0 saturated carbocycles. The van der Waals surface area contributed by atoms with Crippen LogP contribution in [-0.4, -0.2) is 0 Å². The van der Waals surface area contributed by atoms with Crippen LogP contribution in [0.5, 0.6) is 0 Å². The van der Waals surface area contributed by atoms with Gasteiger partial charge < -0.3 is 0 Å². The van der Waals surface area contributed by atoms with Crippen molar-refractivity contribution in [3.63, 3.8) is 0 Å². The summed E-state index contributed by atoms with van der Waals surface area (Å²) in [7, 11) is 0. The highest BCUT2D eigenvalue weighted by Crippen LogP contribution is 2.22. The molecule has 3 N–H and O–H groups in total. The SMILES string of the molecule is NNC(Cc1ccc(F)cc1)c1cccc(F)c1F. The van der Waals surface area contributed by atoms with Crippen LogP contribution in [0, 0.1) is 17.5 Å². The molecular formula is C14H13F3N2. The highest BCUT2D eigenvalue weighted by molar-refractivity contribution is 5.26. The fourth-order valence-electron chi connectivity index (χ4n) is 1.90. The van der Waals surface area contributed by atoms with Crippen LogP contribution in [0.3, 0.4) is 0 Å². The lowest BCUT2D eigenvalue weighted by molar-refractivity contribution is 0.464. The smallest absolute Gasteiger partial charge is 0.163 e. The third-order valence-corrected chi connectivity index (χ3v) is 2.91. The van der Waals surface area contributed by atoms with Crippen LogP contribution in [0.1, 0.15) is 17.2 Å². The predicted molar refractivity (Wildman–Crippen MR) is 66.5 cm³/mol. The summed E-state index contributed by atoms with van der Waals surface area (Å²) in [4.78, 5) is 0. The molecule has 1 unspecified atom stereocenters. The topological polar surface area (TPSA) is 38.0 Å². The van der Waals surface area contributed by atoms with E-state index in [2.05, 4.69) is 5.43 Å². The maximum atomic E-state index is 13.7. The zero-order valence-electron chi connectivity index (χ0n) is 10.0. The summed E-state index contributed by atoms with van der Waals surface area (Å²) in [5, 5.41) is 0. The van der Waals surface area contributed by atoms with Crippen LogP contribution >= 0.6 is 0 Å². The molecule has 100 valence electrons. The fourth-order valence-corrected chi connectivity index (χ4v) is 1.90. The molecule has 0 heterocycles. The van der Waals surface area contributed by atoms with E-state index in [-0.39, 0.29) is 11.4 Å². The van der Waals surface area contributed by atoms with Crippen LogP contribution < -0.4 is 11.3 Å². The summed E-state index contributed by atoms with van der Waals surface area (Å²) >= 11 is 0. The third kappa shape index (κ3) is 3.13. The summed E-state index contributed by atoms with van der Waals surface area (Å²) in [5.74, 6) is 3.20. The molecule has 0 aromatic heterocycles. The number of halogens is 3. The maximum absolute atomic E-state index is 13.7. The van der Waals surface area contributed by atoms with Gasteiger partial charge in [0.05, 0.1) is 6.04 Å². The van der Waals surface area contributed by atoms with Gasteiger partial charge in [0, 0.05) is 5.56 Å². The van der Waals surface area contributed by atoms with Crippen molar-refractivity contribution in [3.05, 3.63) is 71.0 Å². The number of hydrogen-bond acceptors (Lipinski definition) is 2. The van der Waals surface area contributed by atoms with E-state index < -0.39 is 17.7 Å². The molecule has 0 aliphatic rings. The van der Waals surface area contributed by atoms with Crippen molar-refractivity contribution in [2.45, 2.75) is 12.5 Å². The predicted octanol–water partition coefficient (Wildman–Crippen LogP) is 2.85. The van der Waals surface area contributed by atoms with E-state index in [0.717, 1.165) is 11.6 Å². The largest absolute Gasteiger partial charge is 0.271 e. The van der Waals surface area contributed by atoms with Gasteiger partial charge >= 0.3 is 0 Å². The normalized spacial score (nSPS) is 12.4. The molecule has 0 amide bonds. The molecular weight excluding hydrogens is 253 g/mol. The monoisotopic (exact) mass is 266 g/mol. The first-order valence-electron chi connectivity index (χ1n) is 5.76. The van der Waals surface area contributed by atoms with E-state index in [1.807, 2.05) is 0 Å². The van der Waals surface area contributed by atoms with E-state index in [0.29, 0.717) is 6.42 Å². The summed E-state index contributed by atoms with van der Waals surface area (Å²) in [6, 6.07) is 9.13. The Morgan fingerprint density at radius 3 is 2.32 bits per heavy atom. The van der Waals surface area contributed by atoms with Gasteiger partial charge in [-0.05, 0) is 30.2 Å². The van der Waals surface area contributed by atoms with E-state index in [1.54, 1.807) is 12.1 Å². The molecule has 19 heavy (non-hydrogen) atoms. The van der Waals surface area contributed by atoms with E-state index in [4.69, 9.17) is 5.84 Å². The number of nitrogens with one attached hydrogen (secondary N) is 1. The van der Waals surface area contributed by atoms with E-state index >= 15 is 0 Å². The minimum absolute atomic E-state index is 0.145. The average molecular weight is 266 g/mol. The minimum Gasteiger partial charge on any atom is -0.271 e. The number of rotatable bonds is 4. The number of hydrogen-bond donors (Lipinski definition) is 2. The lowest BCUT2D eigenvalue weighted by Crippen LogP contribution is -2.30. The molecule has 1 atom stereocenters. The van der Waals surface area contributed by atoms with Crippen LogP contribution in [0.15, 0.2) is 42.5 Å². The Kier molecular flexibility index (Phi) is 4.19. The van der Waals surface area contributed by atoms with Crippen molar-refractivity contribution in [1.29, 1.82) is 0 Å².